The van der Waals surface area contributed by atoms with Crippen LogP contribution in [0.3, 0.4) is 0 Å². The predicted octanol–water partition coefficient (Wildman–Crippen LogP) is 5.11. The molecule has 0 heterocycles. The molecule has 0 N–H and O–H groups in total. The average Bonchev–Trinajstić information content (AvgIpc) is 2.33. The molecule has 0 aromatic carbocycles. The van der Waals surface area contributed by atoms with Crippen molar-refractivity contribution in [2.24, 2.45) is 5.92 Å². The number of ether oxygens (including phenoxy) is 1. The molecule has 0 saturated heterocycles. The largest absolute Gasteiger partial charge is 0.381 e. The van der Waals surface area contributed by atoms with Crippen molar-refractivity contribution in [3.8, 4) is 0 Å². The van der Waals surface area contributed by atoms with Crippen LogP contribution in [0.4, 0.5) is 0 Å². The van der Waals surface area contributed by atoms with Crippen LogP contribution in [0.2, 0.25) is 0 Å². The summed E-state index contributed by atoms with van der Waals surface area (Å²) in [4.78, 5) is 0. The third kappa shape index (κ3) is 6.26. The number of methoxy groups -OCH3 is 1. The molecule has 0 bridgehead atoms. The maximum Gasteiger partial charge on any atom is 0.0631 e. The van der Waals surface area contributed by atoms with E-state index in [1.54, 1.807) is 0 Å². The minimum atomic E-state index is 0.425. The second-order valence-electron chi connectivity index (χ2n) is 5.33. The molecule has 2 atom stereocenters. The van der Waals surface area contributed by atoms with Crippen molar-refractivity contribution in [2.45, 2.75) is 77.2 Å². The third-order valence-electron chi connectivity index (χ3n) is 3.97. The van der Waals surface area contributed by atoms with Crippen molar-refractivity contribution < 1.29 is 4.74 Å². The maximum absolute atomic E-state index is 5.61. The van der Waals surface area contributed by atoms with Gasteiger partial charge in [0.25, 0.3) is 0 Å². The summed E-state index contributed by atoms with van der Waals surface area (Å²) in [5.41, 5.74) is 0. The summed E-state index contributed by atoms with van der Waals surface area (Å²) in [5.74, 6) is 0.643. The van der Waals surface area contributed by atoms with Crippen LogP contribution in [0.5, 0.6) is 0 Å². The Morgan fingerprint density at radius 1 is 1.06 bits per heavy atom. The molecule has 1 heteroatoms. The number of rotatable bonds is 3. The lowest BCUT2D eigenvalue weighted by atomic mass is 9.92. The van der Waals surface area contributed by atoms with E-state index in [0.29, 0.717) is 12.0 Å². The highest BCUT2D eigenvalue weighted by Crippen LogP contribution is 2.22. The van der Waals surface area contributed by atoms with Crippen molar-refractivity contribution in [3.63, 3.8) is 0 Å². The van der Waals surface area contributed by atoms with Crippen LogP contribution in [-0.4, -0.2) is 13.2 Å². The first-order valence-electron chi connectivity index (χ1n) is 7.58. The standard InChI is InChI=1S/C16H30O/c1-3-16(17-2)15-13-11-9-7-5-4-6-8-10-12-14-15/h11,13,15-16H,3-10,12,14H2,1-2H3. The number of hydrogen-bond donors (Lipinski definition) is 0. The molecule has 0 fully saturated rings. The Morgan fingerprint density at radius 2 is 1.71 bits per heavy atom. The minimum absolute atomic E-state index is 0.425. The van der Waals surface area contributed by atoms with Crippen LogP contribution in [0.25, 0.3) is 0 Å². The lowest BCUT2D eigenvalue weighted by molar-refractivity contribution is 0.0616. The van der Waals surface area contributed by atoms with Crippen molar-refractivity contribution in [1.29, 1.82) is 0 Å². The molecule has 17 heavy (non-hydrogen) atoms. The van der Waals surface area contributed by atoms with E-state index in [-0.39, 0.29) is 0 Å². The number of hydrogen-bond acceptors (Lipinski definition) is 1. The summed E-state index contributed by atoms with van der Waals surface area (Å²) >= 11 is 0. The highest BCUT2D eigenvalue weighted by Gasteiger charge is 2.16. The lowest BCUT2D eigenvalue weighted by Crippen LogP contribution is -2.20. The molecule has 0 saturated carbocycles. The van der Waals surface area contributed by atoms with Crippen LogP contribution >= 0.6 is 0 Å². The van der Waals surface area contributed by atoms with Gasteiger partial charge in [-0.2, -0.15) is 0 Å². The maximum atomic E-state index is 5.61. The Labute approximate surface area is 108 Å². The summed E-state index contributed by atoms with van der Waals surface area (Å²) in [7, 11) is 1.86. The zero-order valence-electron chi connectivity index (χ0n) is 11.8. The van der Waals surface area contributed by atoms with Gasteiger partial charge in [0.15, 0.2) is 0 Å². The monoisotopic (exact) mass is 238 g/mol. The summed E-state index contributed by atoms with van der Waals surface area (Å²) in [6.45, 7) is 2.23. The van der Waals surface area contributed by atoms with Gasteiger partial charge in [-0.05, 0) is 25.7 Å². The fourth-order valence-corrected chi connectivity index (χ4v) is 2.85. The van der Waals surface area contributed by atoms with Gasteiger partial charge in [0, 0.05) is 13.0 Å². The number of allylic oxidation sites excluding steroid dienone is 1. The van der Waals surface area contributed by atoms with Gasteiger partial charge in [-0.15, -0.1) is 0 Å². The van der Waals surface area contributed by atoms with Gasteiger partial charge in [0.05, 0.1) is 6.10 Å². The first-order chi connectivity index (χ1) is 8.38. The van der Waals surface area contributed by atoms with E-state index in [2.05, 4.69) is 19.1 Å². The Hall–Kier alpha value is -0.300. The highest BCUT2D eigenvalue weighted by molar-refractivity contribution is 4.92. The fraction of sp³-hybridized carbons (Fsp3) is 0.875. The predicted molar refractivity (Wildman–Crippen MR) is 75.3 cm³/mol. The van der Waals surface area contributed by atoms with E-state index in [9.17, 15) is 0 Å². The molecule has 2 unspecified atom stereocenters. The zero-order chi connectivity index (χ0) is 12.3. The first-order valence-corrected chi connectivity index (χ1v) is 7.58. The van der Waals surface area contributed by atoms with Gasteiger partial charge in [-0.1, -0.05) is 57.6 Å². The smallest absolute Gasteiger partial charge is 0.0631 e. The van der Waals surface area contributed by atoms with Gasteiger partial charge in [-0.25, -0.2) is 0 Å². The van der Waals surface area contributed by atoms with Gasteiger partial charge < -0.3 is 4.74 Å². The second-order valence-corrected chi connectivity index (χ2v) is 5.33. The van der Waals surface area contributed by atoms with Crippen LogP contribution < -0.4 is 0 Å². The molecule has 100 valence electrons. The molecule has 1 nitrogen and oxygen atoms in total. The normalized spacial score (nSPS) is 25.9. The summed E-state index contributed by atoms with van der Waals surface area (Å²) in [5, 5.41) is 0. The van der Waals surface area contributed by atoms with Crippen molar-refractivity contribution in [3.05, 3.63) is 12.2 Å². The quantitative estimate of drug-likeness (QED) is 0.621. The fourth-order valence-electron chi connectivity index (χ4n) is 2.85. The first kappa shape index (κ1) is 14.8. The molecule has 0 amide bonds. The second kappa shape index (κ2) is 9.70. The molecule has 0 spiro atoms. The molecule has 0 aromatic rings. The molecule has 1 aliphatic rings. The molecular formula is C16H30O. The van der Waals surface area contributed by atoms with Crippen LogP contribution in [0.1, 0.15) is 71.1 Å². The van der Waals surface area contributed by atoms with E-state index in [0.717, 1.165) is 6.42 Å². The Bertz CT molecular complexity index is 194. The van der Waals surface area contributed by atoms with Crippen LogP contribution in [-0.2, 0) is 4.74 Å². The van der Waals surface area contributed by atoms with E-state index in [1.165, 1.54) is 57.8 Å². The van der Waals surface area contributed by atoms with Gasteiger partial charge in [0.2, 0.25) is 0 Å². The van der Waals surface area contributed by atoms with E-state index >= 15 is 0 Å². The summed E-state index contributed by atoms with van der Waals surface area (Å²) in [6, 6.07) is 0. The molecule has 1 rings (SSSR count). The minimum Gasteiger partial charge on any atom is -0.381 e. The van der Waals surface area contributed by atoms with Gasteiger partial charge in [-0.3, -0.25) is 0 Å². The Kier molecular flexibility index (Phi) is 8.42. The lowest BCUT2D eigenvalue weighted by Gasteiger charge is -2.22. The third-order valence-corrected chi connectivity index (χ3v) is 3.97. The average molecular weight is 238 g/mol. The van der Waals surface area contributed by atoms with E-state index in [1.807, 2.05) is 7.11 Å². The molecule has 0 aliphatic heterocycles. The zero-order valence-corrected chi connectivity index (χ0v) is 11.8. The molecule has 0 aromatic heterocycles. The Balaban J connectivity index is 2.47. The van der Waals surface area contributed by atoms with Crippen molar-refractivity contribution in [1.82, 2.24) is 0 Å². The van der Waals surface area contributed by atoms with E-state index < -0.39 is 0 Å². The van der Waals surface area contributed by atoms with Crippen molar-refractivity contribution in [2.75, 3.05) is 7.11 Å². The van der Waals surface area contributed by atoms with Crippen molar-refractivity contribution >= 4 is 0 Å². The Morgan fingerprint density at radius 3 is 2.35 bits per heavy atom. The summed E-state index contributed by atoms with van der Waals surface area (Å²) < 4.78 is 5.61. The van der Waals surface area contributed by atoms with Gasteiger partial charge in [0.1, 0.15) is 0 Å². The molecular weight excluding hydrogens is 208 g/mol. The topological polar surface area (TPSA) is 9.23 Å². The van der Waals surface area contributed by atoms with Crippen LogP contribution in [0.15, 0.2) is 12.2 Å². The van der Waals surface area contributed by atoms with Crippen LogP contribution in [0, 0.1) is 5.92 Å². The molecule has 1 aliphatic carbocycles. The van der Waals surface area contributed by atoms with E-state index in [4.69, 9.17) is 4.74 Å². The highest BCUT2D eigenvalue weighted by atomic mass is 16.5. The SMILES string of the molecule is CCC(OC)C1C=CCCCCCCCCC1. The molecule has 0 radical (unpaired) electrons. The summed E-state index contributed by atoms with van der Waals surface area (Å²) in [6.07, 6.45) is 18.8. The van der Waals surface area contributed by atoms with Gasteiger partial charge >= 0.3 is 0 Å².